The third-order valence-corrected chi connectivity index (χ3v) is 3.51. The van der Waals surface area contributed by atoms with Crippen LogP contribution in [-0.2, 0) is 4.79 Å². The van der Waals surface area contributed by atoms with Crippen LogP contribution in [0.5, 0.6) is 0 Å². The van der Waals surface area contributed by atoms with E-state index in [1.165, 1.54) is 17.0 Å². The Balaban J connectivity index is 2.03. The predicted octanol–water partition coefficient (Wildman–Crippen LogP) is 2.95. The number of aliphatic carboxylic acids is 1. The van der Waals surface area contributed by atoms with Gasteiger partial charge in [-0.2, -0.15) is 0 Å². The number of hydrogen-bond acceptors (Lipinski definition) is 2. The Bertz CT molecular complexity index is 538. The summed E-state index contributed by atoms with van der Waals surface area (Å²) < 4.78 is 13.0. The van der Waals surface area contributed by atoms with Gasteiger partial charge in [-0.15, -0.1) is 0 Å². The summed E-state index contributed by atoms with van der Waals surface area (Å²) in [6, 6.07) is 3.19. The summed E-state index contributed by atoms with van der Waals surface area (Å²) in [5.74, 6) is -1.49. The number of nitrogens with zero attached hydrogens (tertiary/aromatic N) is 1. The van der Waals surface area contributed by atoms with Crippen molar-refractivity contribution in [1.82, 2.24) is 4.90 Å². The maximum atomic E-state index is 13.0. The maximum Gasteiger partial charge on any atom is 0.322 e. The zero-order valence-corrected chi connectivity index (χ0v) is 11.4. The van der Waals surface area contributed by atoms with E-state index >= 15 is 0 Å². The van der Waals surface area contributed by atoms with Crippen LogP contribution >= 0.6 is 11.6 Å². The molecule has 2 N–H and O–H groups in total. The Hall–Kier alpha value is -1.82. The van der Waals surface area contributed by atoms with E-state index in [0.29, 0.717) is 18.7 Å². The summed E-state index contributed by atoms with van der Waals surface area (Å²) in [7, 11) is 0. The van der Waals surface area contributed by atoms with E-state index in [0.717, 1.165) is 12.5 Å². The predicted molar refractivity (Wildman–Crippen MR) is 72.4 cm³/mol. The summed E-state index contributed by atoms with van der Waals surface area (Å²) in [6.07, 6.45) is 1.37. The zero-order valence-electron chi connectivity index (χ0n) is 10.6. The van der Waals surface area contributed by atoms with E-state index < -0.39 is 17.8 Å². The molecule has 0 aliphatic carbocycles. The summed E-state index contributed by atoms with van der Waals surface area (Å²) in [5.41, 5.74) is 0.377. The van der Waals surface area contributed by atoms with Crippen molar-refractivity contribution in [3.63, 3.8) is 0 Å². The normalized spacial score (nSPS) is 18.1. The van der Waals surface area contributed by atoms with Gasteiger partial charge >= 0.3 is 12.0 Å². The van der Waals surface area contributed by atoms with Gasteiger partial charge in [-0.25, -0.2) is 9.18 Å². The highest BCUT2D eigenvalue weighted by Crippen LogP contribution is 2.23. The lowest BCUT2D eigenvalue weighted by atomic mass is 10.1. The SMILES string of the molecule is O=C(O)CC1CCCN1C(=O)Nc1ccc(F)c(Cl)c1. The quantitative estimate of drug-likeness (QED) is 0.901. The van der Waals surface area contributed by atoms with Crippen LogP contribution in [0.3, 0.4) is 0 Å². The molecule has 7 heteroatoms. The molecule has 0 spiro atoms. The number of anilines is 1. The third kappa shape index (κ3) is 3.39. The smallest absolute Gasteiger partial charge is 0.322 e. The fourth-order valence-electron chi connectivity index (χ4n) is 2.29. The average molecular weight is 301 g/mol. The van der Waals surface area contributed by atoms with E-state index in [9.17, 15) is 14.0 Å². The van der Waals surface area contributed by atoms with Crippen LogP contribution in [0.15, 0.2) is 18.2 Å². The number of hydrogen-bond donors (Lipinski definition) is 2. The van der Waals surface area contributed by atoms with Crippen molar-refractivity contribution in [3.8, 4) is 0 Å². The second-order valence-electron chi connectivity index (χ2n) is 4.65. The van der Waals surface area contributed by atoms with Gasteiger partial charge in [-0.05, 0) is 31.0 Å². The second kappa shape index (κ2) is 6.09. The van der Waals surface area contributed by atoms with Crippen molar-refractivity contribution in [3.05, 3.63) is 29.0 Å². The Morgan fingerprint density at radius 1 is 1.50 bits per heavy atom. The number of halogens is 2. The van der Waals surface area contributed by atoms with E-state index in [-0.39, 0.29) is 17.5 Å². The number of benzene rings is 1. The Morgan fingerprint density at radius 2 is 2.25 bits per heavy atom. The van der Waals surface area contributed by atoms with Crippen molar-refractivity contribution in [2.45, 2.75) is 25.3 Å². The largest absolute Gasteiger partial charge is 0.481 e. The highest BCUT2D eigenvalue weighted by Gasteiger charge is 2.30. The van der Waals surface area contributed by atoms with Crippen molar-refractivity contribution in [1.29, 1.82) is 0 Å². The lowest BCUT2D eigenvalue weighted by Gasteiger charge is -2.23. The number of rotatable bonds is 3. The molecular formula is C13H14ClFN2O3. The summed E-state index contributed by atoms with van der Waals surface area (Å²) in [6.45, 7) is 0.513. The van der Waals surface area contributed by atoms with Gasteiger partial charge in [-0.3, -0.25) is 4.79 Å². The Morgan fingerprint density at radius 3 is 2.90 bits per heavy atom. The van der Waals surface area contributed by atoms with Crippen molar-refractivity contribution < 1.29 is 19.1 Å². The number of carboxylic acids is 1. The van der Waals surface area contributed by atoms with E-state index in [1.807, 2.05) is 0 Å². The molecule has 1 aliphatic rings. The first-order valence-electron chi connectivity index (χ1n) is 6.22. The number of nitrogens with one attached hydrogen (secondary N) is 1. The first-order valence-corrected chi connectivity index (χ1v) is 6.59. The van der Waals surface area contributed by atoms with Gasteiger partial charge in [0.25, 0.3) is 0 Å². The average Bonchev–Trinajstić information content (AvgIpc) is 2.81. The van der Waals surface area contributed by atoms with Crippen LogP contribution in [0.4, 0.5) is 14.9 Å². The number of carboxylic acid groups (broad SMARTS) is 1. The molecule has 20 heavy (non-hydrogen) atoms. The monoisotopic (exact) mass is 300 g/mol. The molecule has 1 atom stereocenters. The molecular weight excluding hydrogens is 287 g/mol. The molecule has 1 aromatic rings. The molecule has 2 amide bonds. The highest BCUT2D eigenvalue weighted by molar-refractivity contribution is 6.31. The van der Waals surface area contributed by atoms with Crippen LogP contribution in [-0.4, -0.2) is 34.6 Å². The molecule has 0 aromatic heterocycles. The molecule has 1 aromatic carbocycles. The molecule has 108 valence electrons. The van der Waals surface area contributed by atoms with E-state index in [2.05, 4.69) is 5.32 Å². The molecule has 1 fully saturated rings. The van der Waals surface area contributed by atoms with Crippen LogP contribution in [0.25, 0.3) is 0 Å². The van der Waals surface area contributed by atoms with Crippen LogP contribution < -0.4 is 5.32 Å². The van der Waals surface area contributed by atoms with Crippen LogP contribution in [0.1, 0.15) is 19.3 Å². The molecule has 1 aliphatic heterocycles. The molecule has 2 rings (SSSR count). The molecule has 0 bridgehead atoms. The second-order valence-corrected chi connectivity index (χ2v) is 5.05. The molecule has 1 saturated heterocycles. The van der Waals surface area contributed by atoms with Gasteiger partial charge in [0, 0.05) is 18.3 Å². The third-order valence-electron chi connectivity index (χ3n) is 3.22. The van der Waals surface area contributed by atoms with Gasteiger partial charge < -0.3 is 15.3 Å². The van der Waals surface area contributed by atoms with Crippen molar-refractivity contribution in [2.75, 3.05) is 11.9 Å². The number of likely N-dealkylation sites (tertiary alicyclic amines) is 1. The fraction of sp³-hybridized carbons (Fsp3) is 0.385. The number of urea groups is 1. The minimum atomic E-state index is -0.931. The van der Waals surface area contributed by atoms with Crippen molar-refractivity contribution >= 4 is 29.3 Å². The first-order chi connectivity index (χ1) is 9.47. The van der Waals surface area contributed by atoms with Crippen LogP contribution in [0.2, 0.25) is 5.02 Å². The zero-order chi connectivity index (χ0) is 14.7. The Kier molecular flexibility index (Phi) is 4.44. The van der Waals surface area contributed by atoms with Crippen molar-refractivity contribution in [2.24, 2.45) is 0 Å². The standard InChI is InChI=1S/C13H14ClFN2O3/c14-10-6-8(3-4-11(10)15)16-13(20)17-5-1-2-9(17)7-12(18)19/h3-4,6,9H,1-2,5,7H2,(H,16,20)(H,18,19). The maximum absolute atomic E-state index is 13.0. The molecule has 1 unspecified atom stereocenters. The summed E-state index contributed by atoms with van der Waals surface area (Å²) in [5, 5.41) is 11.3. The molecule has 0 radical (unpaired) electrons. The summed E-state index contributed by atoms with van der Waals surface area (Å²) >= 11 is 5.64. The highest BCUT2D eigenvalue weighted by atomic mass is 35.5. The molecule has 5 nitrogen and oxygen atoms in total. The van der Waals surface area contributed by atoms with Gasteiger partial charge in [0.05, 0.1) is 11.4 Å². The van der Waals surface area contributed by atoms with Gasteiger partial charge in [0.15, 0.2) is 0 Å². The lowest BCUT2D eigenvalue weighted by Crippen LogP contribution is -2.39. The van der Waals surface area contributed by atoms with Gasteiger partial charge in [0.2, 0.25) is 0 Å². The van der Waals surface area contributed by atoms with E-state index in [4.69, 9.17) is 16.7 Å². The van der Waals surface area contributed by atoms with Gasteiger partial charge in [-0.1, -0.05) is 11.6 Å². The number of amides is 2. The number of carbonyl (C=O) groups is 2. The van der Waals surface area contributed by atoms with Gasteiger partial charge in [0.1, 0.15) is 5.82 Å². The van der Waals surface area contributed by atoms with Crippen LogP contribution in [0, 0.1) is 5.82 Å². The minimum Gasteiger partial charge on any atom is -0.481 e. The minimum absolute atomic E-state index is 0.0718. The van der Waals surface area contributed by atoms with E-state index in [1.54, 1.807) is 0 Å². The molecule has 0 saturated carbocycles. The fourth-order valence-corrected chi connectivity index (χ4v) is 2.47. The molecule has 1 heterocycles. The Labute approximate surface area is 120 Å². The summed E-state index contributed by atoms with van der Waals surface area (Å²) in [4.78, 5) is 24.3. The number of carbonyl (C=O) groups excluding carboxylic acids is 1. The topological polar surface area (TPSA) is 69.6 Å². The lowest BCUT2D eigenvalue weighted by molar-refractivity contribution is -0.137. The first kappa shape index (κ1) is 14.6.